The van der Waals surface area contributed by atoms with Crippen molar-refractivity contribution in [1.82, 2.24) is 0 Å². The van der Waals surface area contributed by atoms with Crippen molar-refractivity contribution < 1.29 is 9.18 Å². The molecule has 0 unspecified atom stereocenters. The lowest BCUT2D eigenvalue weighted by Crippen LogP contribution is -2.36. The molecule has 102 valence electrons. The van der Waals surface area contributed by atoms with Crippen LogP contribution in [-0.4, -0.2) is 12.5 Å². The molecular formula is C17H16FNO. The first-order valence-corrected chi connectivity index (χ1v) is 6.83. The van der Waals surface area contributed by atoms with Crippen molar-refractivity contribution in [1.29, 1.82) is 0 Å². The van der Waals surface area contributed by atoms with Gasteiger partial charge in [-0.25, -0.2) is 4.39 Å². The number of hydrogen-bond donors (Lipinski definition) is 0. The molecule has 0 N–H and O–H groups in total. The SMILES string of the molecule is Cc1cccc(C(=O)N2CCCc3cccc(F)c32)c1. The largest absolute Gasteiger partial charge is 0.305 e. The molecule has 0 saturated carbocycles. The minimum absolute atomic E-state index is 0.125. The average Bonchev–Trinajstić information content (AvgIpc) is 2.46. The fraction of sp³-hybridized carbons (Fsp3) is 0.235. The Bertz CT molecular complexity index is 666. The highest BCUT2D eigenvalue weighted by Gasteiger charge is 2.26. The van der Waals surface area contributed by atoms with Gasteiger partial charge < -0.3 is 4.90 Å². The molecule has 2 nitrogen and oxygen atoms in total. The van der Waals surface area contributed by atoms with E-state index in [9.17, 15) is 9.18 Å². The molecule has 3 heteroatoms. The molecule has 1 amide bonds. The van der Waals surface area contributed by atoms with Gasteiger partial charge in [0.2, 0.25) is 0 Å². The average molecular weight is 269 g/mol. The number of benzene rings is 2. The van der Waals surface area contributed by atoms with Crippen LogP contribution < -0.4 is 4.90 Å². The molecule has 0 bridgehead atoms. The van der Waals surface area contributed by atoms with E-state index in [1.54, 1.807) is 17.0 Å². The minimum atomic E-state index is -0.316. The zero-order valence-corrected chi connectivity index (χ0v) is 11.4. The summed E-state index contributed by atoms with van der Waals surface area (Å²) in [6.07, 6.45) is 1.69. The van der Waals surface area contributed by atoms with Crippen molar-refractivity contribution in [3.05, 3.63) is 65.0 Å². The normalized spacial score (nSPS) is 14.0. The lowest BCUT2D eigenvalue weighted by atomic mass is 10.00. The highest BCUT2D eigenvalue weighted by atomic mass is 19.1. The monoisotopic (exact) mass is 269 g/mol. The number of amides is 1. The first kappa shape index (κ1) is 12.9. The molecule has 0 aromatic heterocycles. The van der Waals surface area contributed by atoms with Gasteiger partial charge in [0.15, 0.2) is 0 Å². The summed E-state index contributed by atoms with van der Waals surface area (Å²) in [7, 11) is 0. The Hall–Kier alpha value is -2.16. The van der Waals surface area contributed by atoms with Crippen LogP contribution >= 0.6 is 0 Å². The Morgan fingerprint density at radius 1 is 1.20 bits per heavy atom. The van der Waals surface area contributed by atoms with Crippen LogP contribution in [0.2, 0.25) is 0 Å². The molecule has 0 radical (unpaired) electrons. The predicted molar refractivity (Wildman–Crippen MR) is 77.6 cm³/mol. The summed E-state index contributed by atoms with van der Waals surface area (Å²) in [5, 5.41) is 0. The number of carbonyl (C=O) groups is 1. The summed E-state index contributed by atoms with van der Waals surface area (Å²) < 4.78 is 14.1. The first-order chi connectivity index (χ1) is 9.66. The maximum atomic E-state index is 14.1. The lowest BCUT2D eigenvalue weighted by molar-refractivity contribution is 0.0984. The molecule has 2 aromatic carbocycles. The number of nitrogens with zero attached hydrogens (tertiary/aromatic N) is 1. The summed E-state index contributed by atoms with van der Waals surface area (Å²) in [6.45, 7) is 2.52. The number of aryl methyl sites for hydroxylation is 2. The molecule has 0 spiro atoms. The Morgan fingerprint density at radius 2 is 2.00 bits per heavy atom. The lowest BCUT2D eigenvalue weighted by Gasteiger charge is -2.30. The van der Waals surface area contributed by atoms with Crippen LogP contribution in [0.25, 0.3) is 0 Å². The molecule has 2 aromatic rings. The van der Waals surface area contributed by atoms with Gasteiger partial charge in [-0.05, 0) is 43.5 Å². The zero-order valence-electron chi connectivity index (χ0n) is 11.4. The van der Waals surface area contributed by atoms with E-state index in [2.05, 4.69) is 0 Å². The highest BCUT2D eigenvalue weighted by Crippen LogP contribution is 2.31. The van der Waals surface area contributed by atoms with E-state index < -0.39 is 0 Å². The Morgan fingerprint density at radius 3 is 2.80 bits per heavy atom. The second-order valence-corrected chi connectivity index (χ2v) is 5.18. The molecule has 0 saturated heterocycles. The van der Waals surface area contributed by atoms with Gasteiger partial charge in [-0.2, -0.15) is 0 Å². The first-order valence-electron chi connectivity index (χ1n) is 6.83. The van der Waals surface area contributed by atoms with Gasteiger partial charge in [0.05, 0.1) is 5.69 Å². The smallest absolute Gasteiger partial charge is 0.258 e. The summed E-state index contributed by atoms with van der Waals surface area (Å²) in [4.78, 5) is 14.2. The number of para-hydroxylation sites is 1. The van der Waals surface area contributed by atoms with Crippen LogP contribution in [0.4, 0.5) is 10.1 Å². The van der Waals surface area contributed by atoms with Crippen molar-refractivity contribution in [3.8, 4) is 0 Å². The number of carbonyl (C=O) groups excluding carboxylic acids is 1. The predicted octanol–water partition coefficient (Wildman–Crippen LogP) is 3.73. The molecule has 1 aliphatic heterocycles. The summed E-state index contributed by atoms with van der Waals surface area (Å²) in [5.41, 5.74) is 3.00. The van der Waals surface area contributed by atoms with E-state index in [1.807, 2.05) is 31.2 Å². The Kier molecular flexibility index (Phi) is 3.26. The Labute approximate surface area is 117 Å². The van der Waals surface area contributed by atoms with Gasteiger partial charge in [0.1, 0.15) is 5.82 Å². The van der Waals surface area contributed by atoms with Gasteiger partial charge in [0.25, 0.3) is 5.91 Å². The van der Waals surface area contributed by atoms with Crippen molar-refractivity contribution in [2.45, 2.75) is 19.8 Å². The quantitative estimate of drug-likeness (QED) is 0.772. The number of halogens is 1. The number of rotatable bonds is 1. The maximum Gasteiger partial charge on any atom is 0.258 e. The molecule has 20 heavy (non-hydrogen) atoms. The standard InChI is InChI=1S/C17H16FNO/c1-12-5-2-7-14(11-12)17(20)19-10-4-8-13-6-3-9-15(18)16(13)19/h2-3,5-7,9,11H,4,8,10H2,1H3. The van der Waals surface area contributed by atoms with E-state index >= 15 is 0 Å². The van der Waals surface area contributed by atoms with Crippen molar-refractivity contribution in [2.24, 2.45) is 0 Å². The maximum absolute atomic E-state index is 14.1. The van der Waals surface area contributed by atoms with E-state index in [0.29, 0.717) is 17.8 Å². The molecule has 0 aliphatic carbocycles. The highest BCUT2D eigenvalue weighted by molar-refractivity contribution is 6.06. The van der Waals surface area contributed by atoms with Gasteiger partial charge in [-0.3, -0.25) is 4.79 Å². The molecular weight excluding hydrogens is 253 g/mol. The summed E-state index contributed by atoms with van der Waals surface area (Å²) >= 11 is 0. The van der Waals surface area contributed by atoms with Gasteiger partial charge in [-0.1, -0.05) is 29.8 Å². The van der Waals surface area contributed by atoms with E-state index in [0.717, 1.165) is 24.0 Å². The van der Waals surface area contributed by atoms with Crippen LogP contribution in [0.1, 0.15) is 27.9 Å². The minimum Gasteiger partial charge on any atom is -0.305 e. The van der Waals surface area contributed by atoms with Crippen molar-refractivity contribution in [3.63, 3.8) is 0 Å². The van der Waals surface area contributed by atoms with Gasteiger partial charge in [0, 0.05) is 12.1 Å². The number of fused-ring (bicyclic) bond motifs is 1. The summed E-state index contributed by atoms with van der Waals surface area (Å²) in [5.74, 6) is -0.442. The third kappa shape index (κ3) is 2.20. The fourth-order valence-electron chi connectivity index (χ4n) is 2.74. The molecule has 0 fully saturated rings. The molecule has 1 heterocycles. The van der Waals surface area contributed by atoms with E-state index in [1.165, 1.54) is 6.07 Å². The summed E-state index contributed by atoms with van der Waals surface area (Å²) in [6, 6.07) is 12.4. The van der Waals surface area contributed by atoms with Gasteiger partial charge in [-0.15, -0.1) is 0 Å². The fourth-order valence-corrected chi connectivity index (χ4v) is 2.74. The van der Waals surface area contributed by atoms with Crippen LogP contribution in [0.15, 0.2) is 42.5 Å². The topological polar surface area (TPSA) is 20.3 Å². The van der Waals surface area contributed by atoms with Crippen LogP contribution in [0.5, 0.6) is 0 Å². The van der Waals surface area contributed by atoms with Crippen molar-refractivity contribution >= 4 is 11.6 Å². The second kappa shape index (κ2) is 5.08. The van der Waals surface area contributed by atoms with Crippen molar-refractivity contribution in [2.75, 3.05) is 11.4 Å². The van der Waals surface area contributed by atoms with E-state index in [4.69, 9.17) is 0 Å². The van der Waals surface area contributed by atoms with Crippen LogP contribution in [-0.2, 0) is 6.42 Å². The second-order valence-electron chi connectivity index (χ2n) is 5.18. The number of anilines is 1. The molecule has 0 atom stereocenters. The van der Waals surface area contributed by atoms with Gasteiger partial charge >= 0.3 is 0 Å². The van der Waals surface area contributed by atoms with Crippen LogP contribution in [0.3, 0.4) is 0 Å². The van der Waals surface area contributed by atoms with E-state index in [-0.39, 0.29) is 11.7 Å². The molecule has 3 rings (SSSR count). The zero-order chi connectivity index (χ0) is 14.1. The Balaban J connectivity index is 2.03. The van der Waals surface area contributed by atoms with Crippen LogP contribution in [0, 0.1) is 12.7 Å². The third-order valence-electron chi connectivity index (χ3n) is 3.68. The third-order valence-corrected chi connectivity index (χ3v) is 3.68. The molecule has 1 aliphatic rings. The number of hydrogen-bond acceptors (Lipinski definition) is 1.